The van der Waals surface area contributed by atoms with E-state index in [4.69, 9.17) is 29.1 Å². The number of hydrogen-bond donors (Lipinski definition) is 3. The average Bonchev–Trinajstić information content (AvgIpc) is 2.60. The van der Waals surface area contributed by atoms with E-state index in [2.05, 4.69) is 10.6 Å². The predicted molar refractivity (Wildman–Crippen MR) is 97.9 cm³/mol. The molecule has 1 atom stereocenters. The van der Waals surface area contributed by atoms with Crippen molar-refractivity contribution in [1.29, 1.82) is 5.26 Å². The molecule has 1 aromatic carbocycles. The minimum absolute atomic E-state index is 0.0745. The first kappa shape index (κ1) is 18.1. The summed E-state index contributed by atoms with van der Waals surface area (Å²) in [4.78, 5) is 12.6. The van der Waals surface area contributed by atoms with Crippen molar-refractivity contribution >= 4 is 40.3 Å². The molecule has 0 aliphatic heterocycles. The smallest absolute Gasteiger partial charge is 0.252 e. The Kier molecular flexibility index (Phi) is 6.50. The first-order chi connectivity index (χ1) is 11.5. The minimum Gasteiger partial charge on any atom is -0.389 e. The largest absolute Gasteiger partial charge is 0.389 e. The standard InChI is InChI=1S/C17H16ClN3O2S/c18-12-4-5-16(24)15(7-12)17(23)21-10-14(22)9-20-13-3-1-2-11(6-13)8-19/h1-4,6-7,14,20,22H,5,9-10H2,(H,21,23). The number of halogens is 1. The van der Waals surface area contributed by atoms with Crippen molar-refractivity contribution in [2.75, 3.05) is 18.4 Å². The lowest BCUT2D eigenvalue weighted by molar-refractivity contribution is -0.117. The highest BCUT2D eigenvalue weighted by Gasteiger charge is 2.18. The number of rotatable bonds is 6. The minimum atomic E-state index is -0.788. The van der Waals surface area contributed by atoms with Crippen molar-refractivity contribution in [3.8, 4) is 6.07 Å². The van der Waals surface area contributed by atoms with Crippen LogP contribution in [0.4, 0.5) is 5.69 Å². The molecule has 0 aromatic heterocycles. The zero-order valence-electron chi connectivity index (χ0n) is 12.8. The molecule has 1 unspecified atom stereocenters. The van der Waals surface area contributed by atoms with Crippen LogP contribution in [0.3, 0.4) is 0 Å². The summed E-state index contributed by atoms with van der Waals surface area (Å²) in [7, 11) is 0. The van der Waals surface area contributed by atoms with Crippen LogP contribution in [0.2, 0.25) is 0 Å². The van der Waals surface area contributed by atoms with Gasteiger partial charge in [0, 0.05) is 35.1 Å². The number of aliphatic hydroxyl groups is 1. The number of anilines is 1. The van der Waals surface area contributed by atoms with Gasteiger partial charge in [0.15, 0.2) is 0 Å². The number of aliphatic hydroxyl groups excluding tert-OH is 1. The summed E-state index contributed by atoms with van der Waals surface area (Å²) < 4.78 is 0. The van der Waals surface area contributed by atoms with Gasteiger partial charge in [-0.15, -0.1) is 0 Å². The van der Waals surface area contributed by atoms with Crippen LogP contribution in [0.5, 0.6) is 0 Å². The molecule has 0 radical (unpaired) electrons. The zero-order valence-corrected chi connectivity index (χ0v) is 14.3. The number of benzene rings is 1. The van der Waals surface area contributed by atoms with Crippen molar-refractivity contribution in [2.24, 2.45) is 0 Å². The fraction of sp³-hybridized carbons (Fsp3) is 0.235. The molecule has 1 aliphatic carbocycles. The molecule has 1 aliphatic rings. The highest BCUT2D eigenvalue weighted by Crippen LogP contribution is 2.18. The van der Waals surface area contributed by atoms with E-state index in [1.54, 1.807) is 30.3 Å². The lowest BCUT2D eigenvalue weighted by Gasteiger charge is -2.16. The third-order valence-corrected chi connectivity index (χ3v) is 3.99. The SMILES string of the molecule is N#Cc1cccc(NCC(O)CNC(=O)C2=CC(Cl)=CCC2=S)c1. The molecule has 5 nitrogen and oxygen atoms in total. The van der Waals surface area contributed by atoms with Crippen LogP contribution in [0, 0.1) is 11.3 Å². The summed E-state index contributed by atoms with van der Waals surface area (Å²) in [6.07, 6.45) is 2.95. The van der Waals surface area contributed by atoms with E-state index in [1.807, 2.05) is 6.07 Å². The molecule has 7 heteroatoms. The molecule has 0 fully saturated rings. The van der Waals surface area contributed by atoms with E-state index >= 15 is 0 Å². The number of carbonyl (C=O) groups excluding carboxylic acids is 1. The number of nitrogens with zero attached hydrogens (tertiary/aromatic N) is 1. The van der Waals surface area contributed by atoms with Gasteiger partial charge >= 0.3 is 0 Å². The van der Waals surface area contributed by atoms with Crippen molar-refractivity contribution in [3.05, 3.63) is 52.6 Å². The second kappa shape index (κ2) is 8.60. The Labute approximate surface area is 150 Å². The topological polar surface area (TPSA) is 85.2 Å². The van der Waals surface area contributed by atoms with Gasteiger partial charge in [-0.1, -0.05) is 36.0 Å². The maximum atomic E-state index is 12.1. The van der Waals surface area contributed by atoms with Gasteiger partial charge in [0.05, 0.1) is 23.3 Å². The van der Waals surface area contributed by atoms with Crippen molar-refractivity contribution < 1.29 is 9.90 Å². The van der Waals surface area contributed by atoms with Crippen LogP contribution in [-0.2, 0) is 4.79 Å². The Morgan fingerprint density at radius 3 is 3.00 bits per heavy atom. The molecule has 2 rings (SSSR count). The van der Waals surface area contributed by atoms with Crippen LogP contribution in [-0.4, -0.2) is 35.1 Å². The highest BCUT2D eigenvalue weighted by molar-refractivity contribution is 7.81. The van der Waals surface area contributed by atoms with Crippen LogP contribution in [0.15, 0.2) is 47.0 Å². The Balaban J connectivity index is 1.81. The normalized spacial score (nSPS) is 15.0. The molecule has 24 heavy (non-hydrogen) atoms. The Hall–Kier alpha value is -2.20. The van der Waals surface area contributed by atoms with E-state index in [0.29, 0.717) is 27.5 Å². The van der Waals surface area contributed by atoms with Crippen LogP contribution in [0.25, 0.3) is 0 Å². The summed E-state index contributed by atoms with van der Waals surface area (Å²) in [5.74, 6) is -0.350. The molecule has 0 saturated heterocycles. The molecular weight excluding hydrogens is 346 g/mol. The van der Waals surface area contributed by atoms with Gasteiger partial charge in [0.2, 0.25) is 0 Å². The van der Waals surface area contributed by atoms with E-state index in [0.717, 1.165) is 5.69 Å². The van der Waals surface area contributed by atoms with Crippen molar-refractivity contribution in [3.63, 3.8) is 0 Å². The molecule has 0 spiro atoms. The first-order valence-electron chi connectivity index (χ1n) is 7.30. The third-order valence-electron chi connectivity index (χ3n) is 3.34. The van der Waals surface area contributed by atoms with E-state index in [1.165, 1.54) is 6.08 Å². The van der Waals surface area contributed by atoms with Gasteiger partial charge in [-0.3, -0.25) is 4.79 Å². The summed E-state index contributed by atoms with van der Waals surface area (Å²) in [5.41, 5.74) is 1.62. The number of hydrogen-bond acceptors (Lipinski definition) is 5. The zero-order chi connectivity index (χ0) is 17.5. The Morgan fingerprint density at radius 2 is 2.25 bits per heavy atom. The monoisotopic (exact) mass is 361 g/mol. The Morgan fingerprint density at radius 1 is 1.46 bits per heavy atom. The van der Waals surface area contributed by atoms with E-state index < -0.39 is 6.10 Å². The quantitative estimate of drug-likeness (QED) is 0.677. The predicted octanol–water partition coefficient (Wildman–Crippen LogP) is 2.27. The van der Waals surface area contributed by atoms with Crippen LogP contribution >= 0.6 is 23.8 Å². The van der Waals surface area contributed by atoms with Crippen molar-refractivity contribution in [1.82, 2.24) is 5.32 Å². The number of thiocarbonyl (C=S) groups is 1. The highest BCUT2D eigenvalue weighted by atomic mass is 35.5. The number of nitriles is 1. The van der Waals surface area contributed by atoms with Gasteiger partial charge in [0.25, 0.3) is 5.91 Å². The molecule has 3 N–H and O–H groups in total. The summed E-state index contributed by atoms with van der Waals surface area (Å²) >= 11 is 11.0. The number of carbonyl (C=O) groups is 1. The van der Waals surface area contributed by atoms with Gasteiger partial charge < -0.3 is 15.7 Å². The third kappa shape index (κ3) is 5.17. The van der Waals surface area contributed by atoms with Gasteiger partial charge in [-0.2, -0.15) is 5.26 Å². The fourth-order valence-electron chi connectivity index (χ4n) is 2.08. The van der Waals surface area contributed by atoms with Crippen LogP contribution < -0.4 is 10.6 Å². The molecule has 0 heterocycles. The maximum absolute atomic E-state index is 12.1. The summed E-state index contributed by atoms with van der Waals surface area (Å²) in [6.45, 7) is 0.310. The number of allylic oxidation sites excluding steroid dienone is 3. The lowest BCUT2D eigenvalue weighted by Crippen LogP contribution is -2.37. The maximum Gasteiger partial charge on any atom is 0.252 e. The van der Waals surface area contributed by atoms with E-state index in [9.17, 15) is 9.90 Å². The van der Waals surface area contributed by atoms with E-state index in [-0.39, 0.29) is 19.0 Å². The second-order valence-corrected chi connectivity index (χ2v) is 6.14. The Bertz CT molecular complexity index is 752. The molecule has 1 aromatic rings. The number of amides is 1. The molecular formula is C17H16ClN3O2S. The molecule has 124 valence electrons. The summed E-state index contributed by atoms with van der Waals surface area (Å²) in [6, 6.07) is 8.98. The lowest BCUT2D eigenvalue weighted by atomic mass is 10.0. The average molecular weight is 362 g/mol. The van der Waals surface area contributed by atoms with Gasteiger partial charge in [-0.05, 0) is 24.3 Å². The number of nitrogens with one attached hydrogen (secondary N) is 2. The molecule has 0 saturated carbocycles. The molecule has 1 amide bonds. The summed E-state index contributed by atoms with van der Waals surface area (Å²) in [5, 5.41) is 24.9. The fourth-order valence-corrected chi connectivity index (χ4v) is 2.50. The van der Waals surface area contributed by atoms with Crippen LogP contribution in [0.1, 0.15) is 12.0 Å². The van der Waals surface area contributed by atoms with Crippen molar-refractivity contribution in [2.45, 2.75) is 12.5 Å². The first-order valence-corrected chi connectivity index (χ1v) is 8.09. The van der Waals surface area contributed by atoms with Gasteiger partial charge in [-0.25, -0.2) is 0 Å². The second-order valence-electron chi connectivity index (χ2n) is 5.21. The molecule has 0 bridgehead atoms. The van der Waals surface area contributed by atoms with Gasteiger partial charge in [0.1, 0.15) is 0 Å².